The smallest absolute Gasteiger partial charge is 0.0814 e. The van der Waals surface area contributed by atoms with Crippen LogP contribution >= 0.6 is 0 Å². The largest absolute Gasteiger partial charge is 0.750 e. The second kappa shape index (κ2) is 3.98. The van der Waals surface area contributed by atoms with Gasteiger partial charge < -0.3 is 9.11 Å². The predicted molar refractivity (Wildman–Crippen MR) is 25.3 cm³/mol. The van der Waals surface area contributed by atoms with Crippen molar-refractivity contribution in [3.05, 3.63) is 12.2 Å². The van der Waals surface area contributed by atoms with Gasteiger partial charge in [-0.25, -0.2) is 4.21 Å². The van der Waals surface area contributed by atoms with E-state index in [2.05, 4.69) is 12.2 Å². The van der Waals surface area contributed by atoms with E-state index in [4.69, 9.17) is 13.3 Å². The SMILES string of the molecule is C1=CC1.O=S([O-])O. The Balaban J connectivity index is 0.000000105. The summed E-state index contributed by atoms with van der Waals surface area (Å²) in [7, 11) is 0. The van der Waals surface area contributed by atoms with E-state index < -0.39 is 11.4 Å². The molecule has 0 aromatic rings. The summed E-state index contributed by atoms with van der Waals surface area (Å²) < 4.78 is 24.1. The highest BCUT2D eigenvalue weighted by Gasteiger charge is 1.75. The molecule has 0 saturated carbocycles. The summed E-state index contributed by atoms with van der Waals surface area (Å²) in [6, 6.07) is 0. The van der Waals surface area contributed by atoms with E-state index in [1.807, 2.05) is 0 Å². The van der Waals surface area contributed by atoms with Gasteiger partial charge in [0.25, 0.3) is 0 Å². The maximum atomic E-state index is 8.56. The van der Waals surface area contributed by atoms with Gasteiger partial charge in [0.2, 0.25) is 0 Å². The van der Waals surface area contributed by atoms with Gasteiger partial charge in [-0.2, -0.15) is 0 Å². The van der Waals surface area contributed by atoms with Gasteiger partial charge in [0, 0.05) is 0 Å². The lowest BCUT2D eigenvalue weighted by Crippen LogP contribution is -1.75. The third kappa shape index (κ3) is 129. The van der Waals surface area contributed by atoms with Gasteiger partial charge in [0.15, 0.2) is 0 Å². The highest BCUT2D eigenvalue weighted by atomic mass is 32.2. The van der Waals surface area contributed by atoms with E-state index in [0.717, 1.165) is 0 Å². The monoisotopic (exact) mass is 121 g/mol. The van der Waals surface area contributed by atoms with E-state index in [1.54, 1.807) is 0 Å². The molecule has 0 aromatic heterocycles. The van der Waals surface area contributed by atoms with Gasteiger partial charge in [-0.1, -0.05) is 12.2 Å². The molecule has 0 saturated heterocycles. The molecule has 0 bridgehead atoms. The Kier molecular flexibility index (Phi) is 3.87. The third-order valence-electron chi connectivity index (χ3n) is 0.236. The molecule has 4 heteroatoms. The molecule has 3 nitrogen and oxygen atoms in total. The molecular formula is C3H5O3S-. The van der Waals surface area contributed by atoms with Crippen LogP contribution in [0.15, 0.2) is 12.2 Å². The van der Waals surface area contributed by atoms with Crippen molar-refractivity contribution in [3.8, 4) is 0 Å². The van der Waals surface area contributed by atoms with Gasteiger partial charge in [0.05, 0.1) is 11.4 Å². The molecule has 0 radical (unpaired) electrons. The summed E-state index contributed by atoms with van der Waals surface area (Å²) in [6.07, 6.45) is 5.50. The zero-order chi connectivity index (χ0) is 5.70. The molecule has 0 aliphatic heterocycles. The molecule has 0 amide bonds. The van der Waals surface area contributed by atoms with Crippen LogP contribution in [0.25, 0.3) is 0 Å². The molecule has 0 aromatic carbocycles. The summed E-state index contributed by atoms with van der Waals surface area (Å²) in [5.74, 6) is 0. The van der Waals surface area contributed by atoms with Gasteiger partial charge >= 0.3 is 0 Å². The van der Waals surface area contributed by atoms with E-state index >= 15 is 0 Å². The second-order valence-electron chi connectivity index (χ2n) is 0.924. The molecular weight excluding hydrogens is 116 g/mol. The number of rotatable bonds is 0. The van der Waals surface area contributed by atoms with Crippen molar-refractivity contribution in [2.24, 2.45) is 0 Å². The van der Waals surface area contributed by atoms with Crippen LogP contribution in [-0.4, -0.2) is 13.3 Å². The zero-order valence-corrected chi connectivity index (χ0v) is 4.35. The maximum Gasteiger partial charge on any atom is 0.0814 e. The zero-order valence-electron chi connectivity index (χ0n) is 3.53. The van der Waals surface area contributed by atoms with Crippen LogP contribution in [0, 0.1) is 0 Å². The molecule has 1 unspecified atom stereocenters. The van der Waals surface area contributed by atoms with Crippen LogP contribution < -0.4 is 0 Å². The van der Waals surface area contributed by atoms with Crippen molar-refractivity contribution in [1.29, 1.82) is 0 Å². The van der Waals surface area contributed by atoms with Crippen molar-refractivity contribution < 1.29 is 13.3 Å². The van der Waals surface area contributed by atoms with E-state index in [1.165, 1.54) is 6.42 Å². The van der Waals surface area contributed by atoms with Crippen LogP contribution in [0.2, 0.25) is 0 Å². The van der Waals surface area contributed by atoms with E-state index in [-0.39, 0.29) is 0 Å². The molecule has 1 atom stereocenters. The minimum atomic E-state index is -2.86. The standard InChI is InChI=1S/C3H4.H2O3S/c1-2-3-1;1-4(2)3/h1-2H,3H2;(H2,1,2,3)/p-1. The van der Waals surface area contributed by atoms with Gasteiger partial charge in [-0.15, -0.1) is 0 Å². The Morgan fingerprint density at radius 1 is 1.71 bits per heavy atom. The summed E-state index contributed by atoms with van der Waals surface area (Å²) in [5, 5.41) is 0. The Hall–Kier alpha value is -0.190. The Morgan fingerprint density at radius 3 is 1.86 bits per heavy atom. The van der Waals surface area contributed by atoms with Crippen molar-refractivity contribution >= 4 is 11.4 Å². The van der Waals surface area contributed by atoms with Crippen LogP contribution in [0.4, 0.5) is 0 Å². The average Bonchev–Trinajstić information content (AvgIpc) is 2.02. The Bertz CT molecular complexity index is 80.2. The molecule has 7 heavy (non-hydrogen) atoms. The quantitative estimate of drug-likeness (QED) is 0.370. The molecule has 0 heterocycles. The van der Waals surface area contributed by atoms with Crippen LogP contribution in [0.1, 0.15) is 6.42 Å². The van der Waals surface area contributed by atoms with Crippen LogP contribution in [0.5, 0.6) is 0 Å². The first kappa shape index (κ1) is 6.81. The normalized spacial score (nSPS) is 16.9. The van der Waals surface area contributed by atoms with Gasteiger partial charge in [0.1, 0.15) is 0 Å². The summed E-state index contributed by atoms with van der Waals surface area (Å²) in [6.45, 7) is 0. The lowest BCUT2D eigenvalue weighted by atomic mass is 10.9. The topological polar surface area (TPSA) is 60.4 Å². The van der Waals surface area contributed by atoms with Gasteiger partial charge in [-0.3, -0.25) is 0 Å². The molecule has 0 fully saturated rings. The lowest BCUT2D eigenvalue weighted by Gasteiger charge is -1.83. The van der Waals surface area contributed by atoms with Crippen LogP contribution in [-0.2, 0) is 11.4 Å². The van der Waals surface area contributed by atoms with Crippen molar-refractivity contribution in [3.63, 3.8) is 0 Å². The van der Waals surface area contributed by atoms with Crippen LogP contribution in [0.3, 0.4) is 0 Å². The number of allylic oxidation sites excluding steroid dienone is 2. The van der Waals surface area contributed by atoms with E-state index in [0.29, 0.717) is 0 Å². The molecule has 1 aliphatic rings. The fraction of sp³-hybridized carbons (Fsp3) is 0.333. The Labute approximate surface area is 44.2 Å². The fourth-order valence-corrected chi connectivity index (χ4v) is 0. The minimum absolute atomic E-state index is 1.25. The van der Waals surface area contributed by atoms with E-state index in [9.17, 15) is 0 Å². The average molecular weight is 121 g/mol. The summed E-state index contributed by atoms with van der Waals surface area (Å²) in [5.41, 5.74) is 0. The molecule has 1 N–H and O–H groups in total. The molecule has 0 spiro atoms. The lowest BCUT2D eigenvalue weighted by molar-refractivity contribution is 0.436. The molecule has 1 aliphatic carbocycles. The van der Waals surface area contributed by atoms with Crippen molar-refractivity contribution in [2.75, 3.05) is 0 Å². The van der Waals surface area contributed by atoms with Crippen molar-refractivity contribution in [2.45, 2.75) is 6.42 Å². The maximum absolute atomic E-state index is 8.56. The summed E-state index contributed by atoms with van der Waals surface area (Å²) in [4.78, 5) is 0. The number of hydrogen-bond acceptors (Lipinski definition) is 2. The predicted octanol–water partition coefficient (Wildman–Crippen LogP) is 0.285. The highest BCUT2D eigenvalue weighted by molar-refractivity contribution is 7.73. The molecule has 42 valence electrons. The first-order valence-electron chi connectivity index (χ1n) is 1.67. The summed E-state index contributed by atoms with van der Waals surface area (Å²) >= 11 is -2.86. The first-order chi connectivity index (χ1) is 3.23. The minimum Gasteiger partial charge on any atom is -0.750 e. The fourth-order valence-electron chi connectivity index (χ4n) is 0. The van der Waals surface area contributed by atoms with Gasteiger partial charge in [-0.05, 0) is 6.42 Å². The number of hydrogen-bond donors (Lipinski definition) is 1. The Morgan fingerprint density at radius 2 is 1.86 bits per heavy atom. The highest BCUT2D eigenvalue weighted by Crippen LogP contribution is 1.96. The third-order valence-corrected chi connectivity index (χ3v) is 0.236. The second-order valence-corrected chi connectivity index (χ2v) is 1.36. The molecule has 1 rings (SSSR count). The van der Waals surface area contributed by atoms with Crippen molar-refractivity contribution in [1.82, 2.24) is 0 Å². The first-order valence-corrected chi connectivity index (χ1v) is 2.70.